The van der Waals surface area contributed by atoms with Gasteiger partial charge in [-0.3, -0.25) is 10.00 Å². The molecule has 2 heterocycles. The minimum absolute atomic E-state index is 0.365. The summed E-state index contributed by atoms with van der Waals surface area (Å²) >= 11 is 0. The molecule has 2 aromatic heterocycles. The lowest BCUT2D eigenvalue weighted by Gasteiger charge is -2.12. The summed E-state index contributed by atoms with van der Waals surface area (Å²) in [5, 5.41) is 22.5. The average Bonchev–Trinajstić information content (AvgIpc) is 3.22. The second-order valence-corrected chi connectivity index (χ2v) is 5.35. The molecule has 8 heteroatoms. The maximum atomic E-state index is 12.3. The molecule has 1 aromatic carbocycles. The van der Waals surface area contributed by atoms with Crippen LogP contribution in [0.3, 0.4) is 0 Å². The fourth-order valence-electron chi connectivity index (χ4n) is 2.37. The summed E-state index contributed by atoms with van der Waals surface area (Å²) in [7, 11) is 0. The maximum Gasteiger partial charge on any atom is 0.324 e. The Labute approximate surface area is 144 Å². The molecule has 0 aliphatic carbocycles. The van der Waals surface area contributed by atoms with Crippen molar-refractivity contribution in [2.24, 2.45) is 0 Å². The number of carbonyl (C=O) groups is 1. The Morgan fingerprint density at radius 3 is 2.84 bits per heavy atom. The summed E-state index contributed by atoms with van der Waals surface area (Å²) in [6.45, 7) is 2.43. The normalized spacial score (nSPS) is 10.2. The number of nitrogens with zero attached hydrogens (tertiary/aromatic N) is 5. The molecule has 0 radical (unpaired) electrons. The molecule has 2 N–H and O–H groups in total. The molecule has 3 aromatic rings. The third-order valence-corrected chi connectivity index (χ3v) is 3.55. The molecule has 8 nitrogen and oxygen atoms in total. The third-order valence-electron chi connectivity index (χ3n) is 3.55. The predicted molar refractivity (Wildman–Crippen MR) is 93.4 cm³/mol. The van der Waals surface area contributed by atoms with Crippen LogP contribution in [0.25, 0.3) is 5.69 Å². The summed E-state index contributed by atoms with van der Waals surface area (Å²) in [5.41, 5.74) is 2.38. The van der Waals surface area contributed by atoms with Crippen LogP contribution in [0.1, 0.15) is 12.1 Å². The van der Waals surface area contributed by atoms with Crippen LogP contribution in [0.2, 0.25) is 0 Å². The van der Waals surface area contributed by atoms with E-state index >= 15 is 0 Å². The van der Waals surface area contributed by atoms with E-state index in [0.717, 1.165) is 11.4 Å². The number of nitriles is 1. The fraction of sp³-hybridized carbons (Fsp3) is 0.176. The molecule has 0 aliphatic heterocycles. The number of nitrogens with one attached hydrogen (secondary N) is 2. The van der Waals surface area contributed by atoms with Crippen molar-refractivity contribution in [3.8, 4) is 11.8 Å². The number of hydrogen-bond acceptors (Lipinski definition) is 4. The van der Waals surface area contributed by atoms with Crippen LogP contribution >= 0.6 is 0 Å². The molecular formula is C17H17N7O. The van der Waals surface area contributed by atoms with Crippen LogP contribution in [-0.4, -0.2) is 25.6 Å². The SMILES string of the molecule is Cc1ccnn1-c1ccccc1NC(=O)Nc1ccn(CCC#N)n1. The first-order chi connectivity index (χ1) is 12.2. The summed E-state index contributed by atoms with van der Waals surface area (Å²) < 4.78 is 3.37. The van der Waals surface area contributed by atoms with Gasteiger partial charge >= 0.3 is 6.03 Å². The first-order valence-electron chi connectivity index (χ1n) is 7.76. The molecule has 0 aliphatic rings. The Hall–Kier alpha value is -3.60. The van der Waals surface area contributed by atoms with Crippen molar-refractivity contribution in [1.82, 2.24) is 19.6 Å². The molecule has 0 saturated heterocycles. The number of amides is 2. The van der Waals surface area contributed by atoms with Crippen molar-refractivity contribution in [1.29, 1.82) is 5.26 Å². The van der Waals surface area contributed by atoms with Gasteiger partial charge in [0, 0.05) is 24.2 Å². The van der Waals surface area contributed by atoms with Crippen molar-refractivity contribution >= 4 is 17.5 Å². The van der Waals surface area contributed by atoms with E-state index in [4.69, 9.17) is 5.26 Å². The topological polar surface area (TPSA) is 101 Å². The van der Waals surface area contributed by atoms with Gasteiger partial charge in [0.2, 0.25) is 0 Å². The van der Waals surface area contributed by atoms with E-state index in [2.05, 4.69) is 26.9 Å². The lowest BCUT2D eigenvalue weighted by molar-refractivity contribution is 0.262. The number of carbonyl (C=O) groups excluding carboxylic acids is 1. The van der Waals surface area contributed by atoms with Crippen LogP contribution in [-0.2, 0) is 6.54 Å². The lowest BCUT2D eigenvalue weighted by atomic mass is 10.2. The van der Waals surface area contributed by atoms with Gasteiger partial charge in [-0.25, -0.2) is 9.48 Å². The largest absolute Gasteiger partial charge is 0.324 e. The Kier molecular flexibility index (Phi) is 4.76. The molecular weight excluding hydrogens is 318 g/mol. The van der Waals surface area contributed by atoms with E-state index in [-0.39, 0.29) is 0 Å². The van der Waals surface area contributed by atoms with Gasteiger partial charge in [-0.15, -0.1) is 0 Å². The number of urea groups is 1. The van der Waals surface area contributed by atoms with Crippen LogP contribution in [0.4, 0.5) is 16.3 Å². The second-order valence-electron chi connectivity index (χ2n) is 5.35. The Bertz CT molecular complexity index is 919. The molecule has 0 spiro atoms. The van der Waals surface area contributed by atoms with Crippen molar-refractivity contribution < 1.29 is 4.79 Å². The summed E-state index contributed by atoms with van der Waals surface area (Å²) in [5.74, 6) is 0.420. The zero-order valence-electron chi connectivity index (χ0n) is 13.7. The van der Waals surface area contributed by atoms with Crippen molar-refractivity contribution in [3.63, 3.8) is 0 Å². The standard InChI is InChI=1S/C17H17N7O/c1-13-7-10-19-24(13)15-6-3-2-5-14(15)20-17(25)21-16-8-12-23(22-16)11-4-9-18/h2-3,5-8,10,12H,4,11H2,1H3,(H2,20,21,22,25). The van der Waals surface area contributed by atoms with Crippen LogP contribution in [0.15, 0.2) is 48.8 Å². The zero-order valence-corrected chi connectivity index (χ0v) is 13.7. The first-order valence-corrected chi connectivity index (χ1v) is 7.76. The number of aryl methyl sites for hydroxylation is 2. The van der Waals surface area contributed by atoms with Crippen LogP contribution < -0.4 is 10.6 Å². The first kappa shape index (κ1) is 16.3. The average molecular weight is 335 g/mol. The van der Waals surface area contributed by atoms with Gasteiger partial charge < -0.3 is 5.32 Å². The number of rotatable bonds is 5. The number of benzene rings is 1. The quantitative estimate of drug-likeness (QED) is 0.748. The highest BCUT2D eigenvalue weighted by Crippen LogP contribution is 2.20. The highest BCUT2D eigenvalue weighted by molar-refractivity contribution is 6.00. The van der Waals surface area contributed by atoms with Gasteiger partial charge in [-0.2, -0.15) is 15.5 Å². The van der Waals surface area contributed by atoms with E-state index in [1.807, 2.05) is 37.3 Å². The summed E-state index contributed by atoms with van der Waals surface area (Å²) in [4.78, 5) is 12.3. The second kappa shape index (κ2) is 7.31. The lowest BCUT2D eigenvalue weighted by Crippen LogP contribution is -2.21. The van der Waals surface area contributed by atoms with E-state index < -0.39 is 6.03 Å². The molecule has 0 bridgehead atoms. The monoisotopic (exact) mass is 335 g/mol. The zero-order chi connectivity index (χ0) is 17.6. The predicted octanol–water partition coefficient (Wildman–Crippen LogP) is 2.93. The Morgan fingerprint density at radius 1 is 1.24 bits per heavy atom. The number of hydrogen-bond donors (Lipinski definition) is 2. The smallest absolute Gasteiger partial charge is 0.306 e. The van der Waals surface area contributed by atoms with E-state index in [0.29, 0.717) is 24.5 Å². The van der Waals surface area contributed by atoms with E-state index in [9.17, 15) is 4.79 Å². The molecule has 0 unspecified atom stereocenters. The van der Waals surface area contributed by atoms with Crippen molar-refractivity contribution in [2.75, 3.05) is 10.6 Å². The molecule has 25 heavy (non-hydrogen) atoms. The number of anilines is 2. The third kappa shape index (κ3) is 3.84. The van der Waals surface area contributed by atoms with Gasteiger partial charge in [0.1, 0.15) is 0 Å². The molecule has 3 rings (SSSR count). The summed E-state index contributed by atoms with van der Waals surface area (Å²) in [6, 6.07) is 12.6. The minimum Gasteiger partial charge on any atom is -0.306 e. The fourth-order valence-corrected chi connectivity index (χ4v) is 2.37. The van der Waals surface area contributed by atoms with Gasteiger partial charge in [-0.05, 0) is 25.1 Å². The van der Waals surface area contributed by atoms with Gasteiger partial charge in [0.15, 0.2) is 5.82 Å². The summed E-state index contributed by atoms with van der Waals surface area (Å²) in [6.07, 6.45) is 3.79. The molecule has 0 atom stereocenters. The van der Waals surface area contributed by atoms with Crippen LogP contribution in [0, 0.1) is 18.3 Å². The van der Waals surface area contributed by atoms with Crippen LogP contribution in [0.5, 0.6) is 0 Å². The Balaban J connectivity index is 1.71. The highest BCUT2D eigenvalue weighted by Gasteiger charge is 2.11. The van der Waals surface area contributed by atoms with Gasteiger partial charge in [-0.1, -0.05) is 12.1 Å². The molecule has 126 valence electrons. The van der Waals surface area contributed by atoms with Gasteiger partial charge in [0.05, 0.1) is 30.4 Å². The molecule has 0 fully saturated rings. The minimum atomic E-state index is -0.400. The molecule has 2 amide bonds. The van der Waals surface area contributed by atoms with Crippen molar-refractivity contribution in [3.05, 3.63) is 54.5 Å². The van der Waals surface area contributed by atoms with Crippen molar-refractivity contribution in [2.45, 2.75) is 19.9 Å². The van der Waals surface area contributed by atoms with E-state index in [1.54, 1.807) is 27.8 Å². The number of para-hydroxylation sites is 2. The maximum absolute atomic E-state index is 12.3. The molecule has 0 saturated carbocycles. The highest BCUT2D eigenvalue weighted by atomic mass is 16.2. The van der Waals surface area contributed by atoms with Gasteiger partial charge in [0.25, 0.3) is 0 Å². The van der Waals surface area contributed by atoms with E-state index in [1.165, 1.54) is 0 Å². The number of aromatic nitrogens is 4. The Morgan fingerprint density at radius 2 is 2.08 bits per heavy atom.